The average molecular weight is 664 g/mol. The largest absolute Gasteiger partial charge is 0.351 e. The van der Waals surface area contributed by atoms with Gasteiger partial charge in [-0.25, -0.2) is 49.9 Å². The van der Waals surface area contributed by atoms with Gasteiger partial charge in [-0.05, 0) is 43.2 Å². The first-order valence-electron chi connectivity index (χ1n) is 13.6. The van der Waals surface area contributed by atoms with E-state index in [4.69, 9.17) is 9.97 Å². The van der Waals surface area contributed by atoms with Crippen LogP contribution in [-0.4, -0.2) is 66.5 Å². The summed E-state index contributed by atoms with van der Waals surface area (Å²) in [5.74, 6) is -2.22. The Labute approximate surface area is 258 Å². The van der Waals surface area contributed by atoms with E-state index in [1.54, 1.807) is 24.4 Å². The first-order chi connectivity index (χ1) is 20.6. The minimum atomic E-state index is -4.63. The summed E-state index contributed by atoms with van der Waals surface area (Å²) in [4.78, 5) is 17.9. The second-order valence-electron chi connectivity index (χ2n) is 11.4. The van der Waals surface area contributed by atoms with Crippen molar-refractivity contribution in [1.82, 2.24) is 24.2 Å². The topological polar surface area (TPSA) is 147 Å². The molecule has 5 rings (SSSR count). The summed E-state index contributed by atoms with van der Waals surface area (Å²) in [6, 6.07) is 9.11. The summed E-state index contributed by atoms with van der Waals surface area (Å²) in [5, 5.41) is 4.09. The Balaban J connectivity index is 1.46. The van der Waals surface area contributed by atoms with Crippen molar-refractivity contribution in [3.05, 3.63) is 65.3 Å². The zero-order chi connectivity index (χ0) is 31.9. The smallest absolute Gasteiger partial charge is 0.268 e. The van der Waals surface area contributed by atoms with Crippen LogP contribution in [0.5, 0.6) is 0 Å². The summed E-state index contributed by atoms with van der Waals surface area (Å²) in [7, 11) is -7.88. The molecule has 2 N–H and O–H groups in total. The number of sulfonamides is 2. The van der Waals surface area contributed by atoms with E-state index in [0.717, 1.165) is 23.2 Å². The molecule has 4 heterocycles. The maximum absolute atomic E-state index is 14.3. The number of hydrogen-bond donors (Lipinski definition) is 2. The Morgan fingerprint density at radius 2 is 1.57 bits per heavy atom. The average Bonchev–Trinajstić information content (AvgIpc) is 3.39. The minimum Gasteiger partial charge on any atom is -0.351 e. The van der Waals surface area contributed by atoms with Crippen molar-refractivity contribution in [3.8, 4) is 22.0 Å². The van der Waals surface area contributed by atoms with Crippen LogP contribution in [0, 0.1) is 11.6 Å². The van der Waals surface area contributed by atoms with E-state index in [-0.39, 0.29) is 17.3 Å². The molecule has 1 aromatic carbocycles. The standard InChI is InChI=1S/C28H31F2N7O4S3/c1-28(2,3)26-35-23(20-9-6-10-22(33-20)36-44(40,41)25-18(29)7-5-8-19(25)30)24(42-26)21-11-14-31-27(34-21)32-17-12-15-37(16-13-17)43(4,38)39/h5-11,14,17H,12-13,15-16H2,1-4H3,(H,33,36)(H,31,32,34). The Morgan fingerprint density at radius 3 is 2.20 bits per heavy atom. The number of halogens is 2. The molecule has 0 spiro atoms. The first-order valence-corrected chi connectivity index (χ1v) is 17.8. The lowest BCUT2D eigenvalue weighted by molar-refractivity contribution is 0.331. The Morgan fingerprint density at radius 1 is 0.909 bits per heavy atom. The molecule has 11 nitrogen and oxygen atoms in total. The number of rotatable bonds is 8. The number of benzene rings is 1. The highest BCUT2D eigenvalue weighted by atomic mass is 32.2. The molecule has 0 bridgehead atoms. The molecule has 0 saturated carbocycles. The SMILES string of the molecule is CC(C)(C)c1nc(-c2cccc(NS(=O)(=O)c3c(F)cccc3F)n2)c(-c2ccnc(NC3CCN(S(C)(=O)=O)CC3)n2)s1. The lowest BCUT2D eigenvalue weighted by Gasteiger charge is -2.30. The van der Waals surface area contributed by atoms with Crippen molar-refractivity contribution in [2.75, 3.05) is 29.4 Å². The van der Waals surface area contributed by atoms with Crippen molar-refractivity contribution in [3.63, 3.8) is 0 Å². The highest BCUT2D eigenvalue weighted by Gasteiger charge is 2.28. The van der Waals surface area contributed by atoms with Crippen LogP contribution in [0.3, 0.4) is 0 Å². The number of pyridine rings is 1. The van der Waals surface area contributed by atoms with Gasteiger partial charge in [0.2, 0.25) is 16.0 Å². The molecule has 0 atom stereocenters. The van der Waals surface area contributed by atoms with E-state index in [2.05, 4.69) is 20.0 Å². The number of piperidine rings is 1. The van der Waals surface area contributed by atoms with E-state index in [0.29, 0.717) is 53.8 Å². The third-order valence-electron chi connectivity index (χ3n) is 6.83. The van der Waals surface area contributed by atoms with Crippen molar-refractivity contribution in [2.45, 2.75) is 50.0 Å². The second-order valence-corrected chi connectivity index (χ2v) is 16.0. The predicted molar refractivity (Wildman–Crippen MR) is 165 cm³/mol. The molecular formula is C28H31F2N7O4S3. The first kappa shape index (κ1) is 31.8. The number of thiazole rings is 1. The van der Waals surface area contributed by atoms with Crippen LogP contribution in [0.1, 0.15) is 38.6 Å². The number of nitrogens with zero attached hydrogens (tertiary/aromatic N) is 5. The lowest BCUT2D eigenvalue weighted by atomic mass is 9.98. The molecule has 0 radical (unpaired) electrons. The van der Waals surface area contributed by atoms with Crippen molar-refractivity contribution in [2.24, 2.45) is 0 Å². The third-order valence-corrected chi connectivity index (χ3v) is 11.0. The molecule has 16 heteroatoms. The summed E-state index contributed by atoms with van der Waals surface area (Å²) >= 11 is 1.41. The van der Waals surface area contributed by atoms with Gasteiger partial charge in [0, 0.05) is 30.7 Å². The second kappa shape index (κ2) is 12.1. The minimum absolute atomic E-state index is 0.0139. The van der Waals surface area contributed by atoms with E-state index in [1.807, 2.05) is 20.8 Å². The molecule has 1 aliphatic heterocycles. The Kier molecular flexibility index (Phi) is 8.72. The maximum atomic E-state index is 14.3. The van der Waals surface area contributed by atoms with Gasteiger partial charge in [-0.15, -0.1) is 11.3 Å². The van der Waals surface area contributed by atoms with Gasteiger partial charge >= 0.3 is 0 Å². The van der Waals surface area contributed by atoms with Crippen LogP contribution in [0.4, 0.5) is 20.5 Å². The monoisotopic (exact) mass is 663 g/mol. The molecular weight excluding hydrogens is 633 g/mol. The van der Waals surface area contributed by atoms with Crippen LogP contribution in [0.2, 0.25) is 0 Å². The normalized spacial score (nSPS) is 15.3. The Hall–Kier alpha value is -3.60. The van der Waals surface area contributed by atoms with Gasteiger partial charge in [0.25, 0.3) is 10.0 Å². The van der Waals surface area contributed by atoms with Crippen LogP contribution in [0.25, 0.3) is 22.0 Å². The van der Waals surface area contributed by atoms with Crippen LogP contribution < -0.4 is 10.0 Å². The molecule has 0 unspecified atom stereocenters. The van der Waals surface area contributed by atoms with Gasteiger partial charge in [0.15, 0.2) is 4.90 Å². The lowest BCUT2D eigenvalue weighted by Crippen LogP contribution is -2.42. The van der Waals surface area contributed by atoms with Gasteiger partial charge in [-0.2, -0.15) is 0 Å². The maximum Gasteiger partial charge on any atom is 0.268 e. The Bertz CT molecular complexity index is 1880. The molecule has 0 amide bonds. The molecule has 3 aromatic heterocycles. The summed E-state index contributed by atoms with van der Waals surface area (Å²) in [6.45, 7) is 6.83. The fourth-order valence-electron chi connectivity index (χ4n) is 4.61. The number of nitrogens with one attached hydrogen (secondary N) is 2. The molecule has 234 valence electrons. The van der Waals surface area contributed by atoms with Crippen LogP contribution >= 0.6 is 11.3 Å². The van der Waals surface area contributed by atoms with E-state index in [1.165, 1.54) is 28.0 Å². The number of anilines is 2. The zero-order valence-corrected chi connectivity index (χ0v) is 26.8. The van der Waals surface area contributed by atoms with Gasteiger partial charge in [0.1, 0.15) is 23.1 Å². The number of hydrogen-bond acceptors (Lipinski definition) is 10. The van der Waals surface area contributed by atoms with E-state index < -0.39 is 36.6 Å². The van der Waals surface area contributed by atoms with Gasteiger partial charge in [-0.1, -0.05) is 32.9 Å². The molecule has 4 aromatic rings. The highest BCUT2D eigenvalue weighted by Crippen LogP contribution is 2.40. The van der Waals surface area contributed by atoms with Crippen molar-refractivity contribution in [1.29, 1.82) is 0 Å². The summed E-state index contributed by atoms with van der Waals surface area (Å²) < 4.78 is 81.6. The van der Waals surface area contributed by atoms with E-state index in [9.17, 15) is 25.6 Å². The van der Waals surface area contributed by atoms with Gasteiger partial charge in [0.05, 0.1) is 27.5 Å². The molecule has 44 heavy (non-hydrogen) atoms. The van der Waals surface area contributed by atoms with Gasteiger partial charge in [-0.3, -0.25) is 4.72 Å². The summed E-state index contributed by atoms with van der Waals surface area (Å²) in [5.41, 5.74) is 0.993. The molecule has 1 fully saturated rings. The number of aromatic nitrogens is 4. The predicted octanol–water partition coefficient (Wildman–Crippen LogP) is 4.87. The summed E-state index contributed by atoms with van der Waals surface area (Å²) in [6.07, 6.45) is 4.01. The quantitative estimate of drug-likeness (QED) is 0.269. The molecule has 1 aliphatic rings. The third kappa shape index (κ3) is 7.03. The fourth-order valence-corrected chi connectivity index (χ4v) is 7.72. The van der Waals surface area contributed by atoms with E-state index >= 15 is 0 Å². The van der Waals surface area contributed by atoms with Gasteiger partial charge < -0.3 is 5.32 Å². The van der Waals surface area contributed by atoms with Crippen LogP contribution in [-0.2, 0) is 25.5 Å². The highest BCUT2D eigenvalue weighted by molar-refractivity contribution is 7.92. The zero-order valence-electron chi connectivity index (χ0n) is 24.4. The van der Waals surface area contributed by atoms with Crippen LogP contribution in [0.15, 0.2) is 53.6 Å². The molecule has 1 saturated heterocycles. The fraction of sp³-hybridized carbons (Fsp3) is 0.357. The van der Waals surface area contributed by atoms with Crippen molar-refractivity contribution >= 4 is 43.1 Å². The van der Waals surface area contributed by atoms with Crippen molar-refractivity contribution < 1.29 is 25.6 Å². The molecule has 0 aliphatic carbocycles.